The Bertz CT molecular complexity index is 1720. The zero-order valence-electron chi connectivity index (χ0n) is 26.5. The third-order valence-electron chi connectivity index (χ3n) is 8.82. The Balaban J connectivity index is 0.967. The van der Waals surface area contributed by atoms with Crippen LogP contribution in [0.3, 0.4) is 0 Å². The summed E-state index contributed by atoms with van der Waals surface area (Å²) < 4.78 is 11.3. The van der Waals surface area contributed by atoms with Gasteiger partial charge in [0.1, 0.15) is 35.2 Å². The van der Waals surface area contributed by atoms with Crippen LogP contribution in [0.25, 0.3) is 0 Å². The summed E-state index contributed by atoms with van der Waals surface area (Å²) in [7, 11) is 0. The van der Waals surface area contributed by atoms with Crippen LogP contribution >= 0.6 is 0 Å². The van der Waals surface area contributed by atoms with Crippen LogP contribution in [-0.2, 0) is 0 Å². The number of hydrogen-bond donors (Lipinski definition) is 3. The number of carbonyl (C=O) groups is 1. The summed E-state index contributed by atoms with van der Waals surface area (Å²) in [6.45, 7) is 4.05. The number of hydrogen-bond acceptors (Lipinski definition) is 11. The highest BCUT2D eigenvalue weighted by atomic mass is 16.6. The standard InChI is InChI=1S/C35H38N8O5/c36-32(25-6-10-29(11-7-25)47-28-4-2-1-3-5-28)31-33(37)38-23-39-34(31)40-26-16-18-41(19-17-26)22-24-14-20-42(21-15-24)35(44)48-30-12-8-27(9-13-30)43(45)46/h1-13,23-24,26,36H,14-22H2,(H3,37,38,39,40). The first-order chi connectivity index (χ1) is 23.3. The van der Waals surface area contributed by atoms with Crippen molar-refractivity contribution >= 4 is 29.1 Å². The van der Waals surface area contributed by atoms with Gasteiger partial charge in [-0.15, -0.1) is 0 Å². The van der Waals surface area contributed by atoms with Crippen LogP contribution in [0.15, 0.2) is 85.2 Å². The fourth-order valence-corrected chi connectivity index (χ4v) is 6.13. The number of piperidine rings is 2. The normalized spacial score (nSPS) is 15.9. The fourth-order valence-electron chi connectivity index (χ4n) is 6.13. The van der Waals surface area contributed by atoms with Crippen LogP contribution in [0.4, 0.5) is 22.1 Å². The Morgan fingerprint density at radius 2 is 1.54 bits per heavy atom. The number of rotatable bonds is 10. The van der Waals surface area contributed by atoms with Crippen molar-refractivity contribution in [3.63, 3.8) is 0 Å². The van der Waals surface area contributed by atoms with Crippen molar-refractivity contribution in [2.45, 2.75) is 31.7 Å². The van der Waals surface area contributed by atoms with Gasteiger partial charge >= 0.3 is 6.09 Å². The average Bonchev–Trinajstić information content (AvgIpc) is 3.10. The van der Waals surface area contributed by atoms with E-state index in [0.717, 1.165) is 51.1 Å². The van der Waals surface area contributed by atoms with E-state index in [-0.39, 0.29) is 23.3 Å². The lowest BCUT2D eigenvalue weighted by Crippen LogP contribution is -2.45. The Morgan fingerprint density at radius 1 is 0.896 bits per heavy atom. The van der Waals surface area contributed by atoms with Crippen molar-refractivity contribution in [1.82, 2.24) is 19.8 Å². The molecule has 13 heteroatoms. The summed E-state index contributed by atoms with van der Waals surface area (Å²) in [5.74, 6) is 3.00. The Morgan fingerprint density at radius 3 is 2.21 bits per heavy atom. The molecule has 3 heterocycles. The molecule has 13 nitrogen and oxygen atoms in total. The molecular formula is C35H38N8O5. The molecule has 2 aliphatic rings. The first-order valence-corrected chi connectivity index (χ1v) is 16.0. The molecule has 0 radical (unpaired) electrons. The molecular weight excluding hydrogens is 612 g/mol. The maximum Gasteiger partial charge on any atom is 0.415 e. The highest BCUT2D eigenvalue weighted by Gasteiger charge is 2.28. The van der Waals surface area contributed by atoms with Gasteiger partial charge in [0.25, 0.3) is 5.69 Å². The molecule has 4 aromatic rings. The number of aromatic nitrogens is 2. The molecule has 4 N–H and O–H groups in total. The first-order valence-electron chi connectivity index (χ1n) is 16.0. The number of benzene rings is 3. The molecule has 1 amide bonds. The van der Waals surface area contributed by atoms with Crippen molar-refractivity contribution in [1.29, 1.82) is 5.41 Å². The number of nitro groups is 1. The zero-order chi connectivity index (χ0) is 33.5. The Kier molecular flexibility index (Phi) is 10.1. The predicted molar refractivity (Wildman–Crippen MR) is 182 cm³/mol. The Hall–Kier alpha value is -5.56. The first kappa shape index (κ1) is 32.4. The number of nitrogens with zero attached hydrogens (tertiary/aromatic N) is 5. The summed E-state index contributed by atoms with van der Waals surface area (Å²) >= 11 is 0. The number of carbonyl (C=O) groups excluding carboxylic acids is 1. The topological polar surface area (TPSA) is 173 Å². The third-order valence-corrected chi connectivity index (χ3v) is 8.82. The molecule has 2 fully saturated rings. The van der Waals surface area contributed by atoms with Crippen molar-refractivity contribution in [2.24, 2.45) is 5.92 Å². The smallest absolute Gasteiger partial charge is 0.415 e. The van der Waals surface area contributed by atoms with Gasteiger partial charge in [-0.1, -0.05) is 18.2 Å². The van der Waals surface area contributed by atoms with E-state index in [1.165, 1.54) is 30.6 Å². The molecule has 0 aliphatic carbocycles. The summed E-state index contributed by atoms with van der Waals surface area (Å²) in [6, 6.07) is 22.6. The van der Waals surface area contributed by atoms with Crippen LogP contribution in [0, 0.1) is 21.4 Å². The summed E-state index contributed by atoms with van der Waals surface area (Å²) in [5.41, 5.74) is 7.64. The van der Waals surface area contributed by atoms with E-state index >= 15 is 0 Å². The number of nitrogens with two attached hydrogens (primary N) is 1. The summed E-state index contributed by atoms with van der Waals surface area (Å²) in [4.78, 5) is 35.8. The van der Waals surface area contributed by atoms with Gasteiger partial charge < -0.3 is 30.3 Å². The fraction of sp³-hybridized carbons (Fsp3) is 0.314. The molecule has 2 aliphatic heterocycles. The number of non-ortho nitro benzene ring substituents is 1. The average molecular weight is 651 g/mol. The van der Waals surface area contributed by atoms with Crippen LogP contribution < -0.4 is 20.5 Å². The van der Waals surface area contributed by atoms with Crippen LogP contribution in [-0.4, -0.2) is 75.3 Å². The van der Waals surface area contributed by atoms with Crippen molar-refractivity contribution in [2.75, 3.05) is 43.8 Å². The molecule has 0 saturated carbocycles. The monoisotopic (exact) mass is 650 g/mol. The number of nitrogens with one attached hydrogen (secondary N) is 2. The molecule has 1 aromatic heterocycles. The van der Waals surface area contributed by atoms with E-state index in [4.69, 9.17) is 20.6 Å². The largest absolute Gasteiger partial charge is 0.457 e. The molecule has 0 spiro atoms. The maximum atomic E-state index is 12.6. The van der Waals surface area contributed by atoms with E-state index in [0.29, 0.717) is 47.5 Å². The lowest BCUT2D eigenvalue weighted by molar-refractivity contribution is -0.384. The number of nitro benzene ring substituents is 1. The highest BCUT2D eigenvalue weighted by Crippen LogP contribution is 2.28. The quantitative estimate of drug-likeness (QED) is 0.106. The van der Waals surface area contributed by atoms with Crippen molar-refractivity contribution in [3.8, 4) is 17.2 Å². The highest BCUT2D eigenvalue weighted by molar-refractivity contribution is 6.16. The predicted octanol–water partition coefficient (Wildman–Crippen LogP) is 5.96. The van der Waals surface area contributed by atoms with Crippen LogP contribution in [0.1, 0.15) is 36.8 Å². The molecule has 3 aromatic carbocycles. The van der Waals surface area contributed by atoms with Crippen LogP contribution in [0.2, 0.25) is 0 Å². The van der Waals surface area contributed by atoms with Crippen molar-refractivity contribution in [3.05, 3.63) is 106 Å². The second-order valence-corrected chi connectivity index (χ2v) is 12.1. The second-order valence-electron chi connectivity index (χ2n) is 12.1. The van der Waals surface area contributed by atoms with Gasteiger partial charge in [-0.2, -0.15) is 0 Å². The number of amides is 1. The van der Waals surface area contributed by atoms with E-state index in [1.54, 1.807) is 4.90 Å². The molecule has 2 saturated heterocycles. The third kappa shape index (κ3) is 8.04. The molecule has 248 valence electrons. The maximum absolute atomic E-state index is 12.6. The number of likely N-dealkylation sites (tertiary alicyclic amines) is 2. The lowest BCUT2D eigenvalue weighted by Gasteiger charge is -2.37. The number of ether oxygens (including phenoxy) is 2. The van der Waals surface area contributed by atoms with Gasteiger partial charge in [0.2, 0.25) is 0 Å². The summed E-state index contributed by atoms with van der Waals surface area (Å²) in [6.07, 6.45) is 4.61. The van der Waals surface area contributed by atoms with E-state index in [2.05, 4.69) is 20.2 Å². The molecule has 0 bridgehead atoms. The van der Waals surface area contributed by atoms with Crippen molar-refractivity contribution < 1.29 is 19.2 Å². The minimum atomic E-state index is -0.488. The number of nitrogen functional groups attached to an aromatic ring is 1. The van der Waals surface area contributed by atoms with Gasteiger partial charge in [0.15, 0.2) is 0 Å². The molecule has 48 heavy (non-hydrogen) atoms. The van der Waals surface area contributed by atoms with Gasteiger partial charge in [0.05, 0.1) is 16.2 Å². The van der Waals surface area contributed by atoms with Gasteiger partial charge in [-0.05, 0) is 80.1 Å². The minimum absolute atomic E-state index is 0.0489. The Labute approximate surface area is 278 Å². The molecule has 0 atom stereocenters. The number of anilines is 2. The zero-order valence-corrected chi connectivity index (χ0v) is 26.5. The summed E-state index contributed by atoms with van der Waals surface area (Å²) in [5, 5.41) is 23.3. The van der Waals surface area contributed by atoms with E-state index in [9.17, 15) is 14.9 Å². The molecule has 0 unspecified atom stereocenters. The van der Waals surface area contributed by atoms with E-state index in [1.807, 2.05) is 54.6 Å². The van der Waals surface area contributed by atoms with Gasteiger partial charge in [-0.3, -0.25) is 15.5 Å². The lowest BCUT2D eigenvalue weighted by atomic mass is 9.95. The van der Waals surface area contributed by atoms with Crippen LogP contribution in [0.5, 0.6) is 17.2 Å². The number of para-hydroxylation sites is 1. The van der Waals surface area contributed by atoms with E-state index < -0.39 is 11.0 Å². The second kappa shape index (κ2) is 14.9. The minimum Gasteiger partial charge on any atom is -0.457 e. The molecule has 6 rings (SSSR count). The van der Waals surface area contributed by atoms with Gasteiger partial charge in [-0.25, -0.2) is 14.8 Å². The SMILES string of the molecule is N=C(c1ccc(Oc2ccccc2)cc1)c1c(N)ncnc1NC1CCN(CC2CCN(C(=O)Oc3ccc([N+](=O)[O-])cc3)CC2)CC1. The van der Waals surface area contributed by atoms with Gasteiger partial charge in [0, 0.05) is 56.5 Å².